The van der Waals surface area contributed by atoms with E-state index in [1.165, 1.54) is 0 Å². The number of benzene rings is 2. The monoisotopic (exact) mass is 383 g/mol. The SMILES string of the molecule is Cc1ccccc1C(=O)OCC(=O)N[C@@H](c1ccc2c(c1)OCCO2)C(C)C. The number of carbonyl (C=O) groups excluding carboxylic acids is 2. The van der Waals surface area contributed by atoms with Crippen molar-refractivity contribution in [2.24, 2.45) is 5.92 Å². The zero-order valence-electron chi connectivity index (χ0n) is 16.4. The van der Waals surface area contributed by atoms with Gasteiger partial charge in [-0.3, -0.25) is 4.79 Å². The zero-order chi connectivity index (χ0) is 20.1. The lowest BCUT2D eigenvalue weighted by atomic mass is 9.95. The van der Waals surface area contributed by atoms with Gasteiger partial charge < -0.3 is 19.5 Å². The minimum absolute atomic E-state index is 0.138. The number of fused-ring (bicyclic) bond motifs is 1. The normalized spacial score (nSPS) is 13.7. The topological polar surface area (TPSA) is 73.9 Å². The lowest BCUT2D eigenvalue weighted by Gasteiger charge is -2.25. The minimum atomic E-state index is -0.506. The van der Waals surface area contributed by atoms with E-state index >= 15 is 0 Å². The Morgan fingerprint density at radius 2 is 1.79 bits per heavy atom. The fourth-order valence-electron chi connectivity index (χ4n) is 3.11. The van der Waals surface area contributed by atoms with E-state index in [0.29, 0.717) is 30.3 Å². The Bertz CT molecular complexity index is 862. The number of hydrogen-bond donors (Lipinski definition) is 1. The molecule has 2 aromatic rings. The van der Waals surface area contributed by atoms with E-state index in [2.05, 4.69) is 5.32 Å². The molecule has 3 rings (SSSR count). The molecule has 1 aliphatic rings. The highest BCUT2D eigenvalue weighted by molar-refractivity contribution is 5.92. The second-order valence-electron chi connectivity index (χ2n) is 7.08. The van der Waals surface area contributed by atoms with Gasteiger partial charge in [-0.25, -0.2) is 4.79 Å². The molecule has 1 atom stereocenters. The summed E-state index contributed by atoms with van der Waals surface area (Å²) in [6.45, 7) is 6.56. The van der Waals surface area contributed by atoms with Crippen LogP contribution in [0.2, 0.25) is 0 Å². The molecule has 2 aromatic carbocycles. The number of nitrogens with one attached hydrogen (secondary N) is 1. The predicted octanol–water partition coefficient (Wildman–Crippen LogP) is 3.44. The Labute approximate surface area is 164 Å². The number of carbonyl (C=O) groups is 2. The van der Waals surface area contributed by atoms with E-state index in [0.717, 1.165) is 11.1 Å². The van der Waals surface area contributed by atoms with Gasteiger partial charge in [0.15, 0.2) is 18.1 Å². The molecule has 28 heavy (non-hydrogen) atoms. The highest BCUT2D eigenvalue weighted by Gasteiger charge is 2.22. The second-order valence-corrected chi connectivity index (χ2v) is 7.08. The molecule has 0 saturated carbocycles. The van der Waals surface area contributed by atoms with Crippen molar-refractivity contribution in [3.8, 4) is 11.5 Å². The first-order valence-electron chi connectivity index (χ1n) is 9.37. The molecule has 1 amide bonds. The highest BCUT2D eigenvalue weighted by atomic mass is 16.6. The lowest BCUT2D eigenvalue weighted by Crippen LogP contribution is -2.35. The molecule has 0 unspecified atom stereocenters. The Hall–Kier alpha value is -3.02. The maximum Gasteiger partial charge on any atom is 0.338 e. The van der Waals surface area contributed by atoms with Gasteiger partial charge in [0.05, 0.1) is 11.6 Å². The van der Waals surface area contributed by atoms with Gasteiger partial charge in [-0.2, -0.15) is 0 Å². The summed E-state index contributed by atoms with van der Waals surface area (Å²) in [7, 11) is 0. The van der Waals surface area contributed by atoms with Gasteiger partial charge in [-0.15, -0.1) is 0 Å². The Balaban J connectivity index is 1.63. The van der Waals surface area contributed by atoms with Crippen LogP contribution in [-0.4, -0.2) is 31.7 Å². The number of ether oxygens (including phenoxy) is 3. The standard InChI is InChI=1S/C22H25NO5/c1-14(2)21(16-8-9-18-19(12-16)27-11-10-26-18)23-20(24)13-28-22(25)17-7-5-4-6-15(17)3/h4-9,12,14,21H,10-11,13H2,1-3H3,(H,23,24)/t21-/m1/s1. The summed E-state index contributed by atoms with van der Waals surface area (Å²) in [5.74, 6) is 0.661. The Morgan fingerprint density at radius 3 is 2.50 bits per heavy atom. The molecule has 0 aromatic heterocycles. The van der Waals surface area contributed by atoms with Crippen LogP contribution in [0.5, 0.6) is 11.5 Å². The first-order chi connectivity index (χ1) is 13.5. The fourth-order valence-corrected chi connectivity index (χ4v) is 3.11. The first kappa shape index (κ1) is 19.7. The molecule has 0 fully saturated rings. The van der Waals surface area contributed by atoms with Crippen LogP contribution in [0.15, 0.2) is 42.5 Å². The number of aryl methyl sites for hydroxylation is 1. The third-order valence-electron chi connectivity index (χ3n) is 4.61. The summed E-state index contributed by atoms with van der Waals surface area (Å²) < 4.78 is 16.4. The fraction of sp³-hybridized carbons (Fsp3) is 0.364. The number of rotatable bonds is 6. The van der Waals surface area contributed by atoms with Gasteiger partial charge in [0.1, 0.15) is 13.2 Å². The number of hydrogen-bond acceptors (Lipinski definition) is 5. The maximum atomic E-state index is 12.4. The van der Waals surface area contributed by atoms with Crippen LogP contribution in [0.1, 0.15) is 41.4 Å². The van der Waals surface area contributed by atoms with Crippen LogP contribution in [0.4, 0.5) is 0 Å². The number of esters is 1. The van der Waals surface area contributed by atoms with Gasteiger partial charge in [-0.05, 0) is 42.2 Å². The largest absolute Gasteiger partial charge is 0.486 e. The van der Waals surface area contributed by atoms with Gasteiger partial charge >= 0.3 is 5.97 Å². The van der Waals surface area contributed by atoms with E-state index in [1.54, 1.807) is 12.1 Å². The molecule has 0 radical (unpaired) electrons. The lowest BCUT2D eigenvalue weighted by molar-refractivity contribution is -0.125. The first-order valence-corrected chi connectivity index (χ1v) is 9.37. The van der Waals surface area contributed by atoms with Crippen molar-refractivity contribution >= 4 is 11.9 Å². The van der Waals surface area contributed by atoms with E-state index in [4.69, 9.17) is 14.2 Å². The second kappa shape index (κ2) is 8.78. The average molecular weight is 383 g/mol. The average Bonchev–Trinajstić information content (AvgIpc) is 2.70. The molecular formula is C22H25NO5. The van der Waals surface area contributed by atoms with Crippen molar-refractivity contribution in [1.82, 2.24) is 5.32 Å². The van der Waals surface area contributed by atoms with E-state index < -0.39 is 5.97 Å². The number of amides is 1. The van der Waals surface area contributed by atoms with Crippen LogP contribution < -0.4 is 14.8 Å². The van der Waals surface area contributed by atoms with Crippen molar-refractivity contribution in [3.05, 3.63) is 59.2 Å². The maximum absolute atomic E-state index is 12.4. The van der Waals surface area contributed by atoms with Gasteiger partial charge in [-0.1, -0.05) is 38.1 Å². The van der Waals surface area contributed by atoms with Crippen molar-refractivity contribution < 1.29 is 23.8 Å². The molecule has 0 bridgehead atoms. The summed E-state index contributed by atoms with van der Waals surface area (Å²) in [5, 5.41) is 2.95. The summed E-state index contributed by atoms with van der Waals surface area (Å²) in [4.78, 5) is 24.6. The van der Waals surface area contributed by atoms with Gasteiger partial charge in [0, 0.05) is 0 Å². The Morgan fingerprint density at radius 1 is 1.07 bits per heavy atom. The van der Waals surface area contributed by atoms with Crippen molar-refractivity contribution in [2.45, 2.75) is 26.8 Å². The molecular weight excluding hydrogens is 358 g/mol. The summed E-state index contributed by atoms with van der Waals surface area (Å²) in [5.41, 5.74) is 2.18. The highest BCUT2D eigenvalue weighted by Crippen LogP contribution is 2.34. The molecule has 6 heteroatoms. The van der Waals surface area contributed by atoms with Gasteiger partial charge in [0.2, 0.25) is 0 Å². The van der Waals surface area contributed by atoms with Crippen LogP contribution in [0, 0.1) is 12.8 Å². The summed E-state index contributed by atoms with van der Waals surface area (Å²) in [6.07, 6.45) is 0. The summed E-state index contributed by atoms with van der Waals surface area (Å²) in [6, 6.07) is 12.5. The minimum Gasteiger partial charge on any atom is -0.486 e. The van der Waals surface area contributed by atoms with Crippen molar-refractivity contribution in [1.29, 1.82) is 0 Å². The van der Waals surface area contributed by atoms with Crippen LogP contribution in [0.25, 0.3) is 0 Å². The van der Waals surface area contributed by atoms with E-state index in [1.807, 2.05) is 51.1 Å². The molecule has 0 spiro atoms. The van der Waals surface area contributed by atoms with Crippen molar-refractivity contribution in [3.63, 3.8) is 0 Å². The van der Waals surface area contributed by atoms with Crippen LogP contribution in [-0.2, 0) is 9.53 Å². The molecule has 0 aliphatic carbocycles. The van der Waals surface area contributed by atoms with Crippen LogP contribution >= 0.6 is 0 Å². The Kier molecular flexibility index (Phi) is 6.19. The molecule has 1 N–H and O–H groups in total. The summed E-state index contributed by atoms with van der Waals surface area (Å²) >= 11 is 0. The molecule has 6 nitrogen and oxygen atoms in total. The molecule has 1 heterocycles. The third kappa shape index (κ3) is 4.63. The molecule has 1 aliphatic heterocycles. The van der Waals surface area contributed by atoms with E-state index in [-0.39, 0.29) is 24.5 Å². The van der Waals surface area contributed by atoms with Crippen molar-refractivity contribution in [2.75, 3.05) is 19.8 Å². The van der Waals surface area contributed by atoms with Gasteiger partial charge in [0.25, 0.3) is 5.91 Å². The van der Waals surface area contributed by atoms with Crippen LogP contribution in [0.3, 0.4) is 0 Å². The van der Waals surface area contributed by atoms with E-state index in [9.17, 15) is 9.59 Å². The molecule has 148 valence electrons. The quantitative estimate of drug-likeness (QED) is 0.774. The smallest absolute Gasteiger partial charge is 0.338 e. The predicted molar refractivity (Wildman–Crippen MR) is 105 cm³/mol. The molecule has 0 saturated heterocycles. The zero-order valence-corrected chi connectivity index (χ0v) is 16.4. The third-order valence-corrected chi connectivity index (χ3v) is 4.61.